The second kappa shape index (κ2) is 10.4. The molecule has 4 aromatic rings. The predicted molar refractivity (Wildman–Crippen MR) is 134 cm³/mol. The van der Waals surface area contributed by atoms with Gasteiger partial charge in [-0.1, -0.05) is 0 Å². The van der Waals surface area contributed by atoms with E-state index in [4.69, 9.17) is 24.1 Å². The molecule has 0 unspecified atom stereocenters. The Hall–Kier alpha value is -4.84. The number of nitrogens with one attached hydrogen (secondary N) is 1. The van der Waals surface area contributed by atoms with Gasteiger partial charge in [-0.15, -0.1) is 0 Å². The fourth-order valence-electron chi connectivity index (χ4n) is 3.75. The Labute approximate surface area is 211 Å². The molecule has 37 heavy (non-hydrogen) atoms. The number of carbonyl (C=O) groups is 1. The number of fused-ring (bicyclic) bond motifs is 2. The summed E-state index contributed by atoms with van der Waals surface area (Å²) in [5.41, 5.74) is 2.08. The molecule has 1 aliphatic heterocycles. The number of aliphatic hydroxyl groups is 1. The van der Waals surface area contributed by atoms with Crippen LogP contribution in [-0.4, -0.2) is 58.1 Å². The van der Waals surface area contributed by atoms with Crippen LogP contribution in [0.4, 0.5) is 11.4 Å². The highest BCUT2D eigenvalue weighted by Crippen LogP contribution is 2.36. The second-order valence-corrected chi connectivity index (χ2v) is 7.99. The number of rotatable bonds is 9. The summed E-state index contributed by atoms with van der Waals surface area (Å²) in [4.78, 5) is 23.0. The van der Waals surface area contributed by atoms with E-state index in [-0.39, 0.29) is 31.5 Å². The number of hydrogen-bond acceptors (Lipinski definition) is 10. The van der Waals surface area contributed by atoms with Gasteiger partial charge in [0.2, 0.25) is 11.8 Å². The van der Waals surface area contributed by atoms with E-state index in [2.05, 4.69) is 20.4 Å². The molecule has 0 atom stereocenters. The maximum absolute atomic E-state index is 12.6. The minimum Gasteiger partial charge on any atom is -0.493 e. The molecular weight excluding hydrogens is 480 g/mol. The first-order valence-corrected chi connectivity index (χ1v) is 11.3. The van der Waals surface area contributed by atoms with E-state index < -0.39 is 0 Å². The van der Waals surface area contributed by atoms with Crippen LogP contribution in [0, 0.1) is 0 Å². The molecule has 0 saturated heterocycles. The van der Waals surface area contributed by atoms with Gasteiger partial charge < -0.3 is 34.3 Å². The van der Waals surface area contributed by atoms with Crippen molar-refractivity contribution in [1.29, 1.82) is 0 Å². The third kappa shape index (κ3) is 5.23. The third-order valence-corrected chi connectivity index (χ3v) is 5.47. The maximum Gasteiger partial charge on any atom is 0.246 e. The van der Waals surface area contributed by atoms with E-state index in [1.54, 1.807) is 30.7 Å². The van der Waals surface area contributed by atoms with Crippen LogP contribution in [0.25, 0.3) is 10.9 Å². The van der Waals surface area contributed by atoms with Crippen LogP contribution in [0.1, 0.15) is 0 Å². The van der Waals surface area contributed by atoms with Crippen molar-refractivity contribution < 1.29 is 28.8 Å². The van der Waals surface area contributed by atoms with Crippen molar-refractivity contribution in [1.82, 2.24) is 19.7 Å². The molecule has 0 bridgehead atoms. The van der Waals surface area contributed by atoms with Crippen molar-refractivity contribution in [3.63, 3.8) is 0 Å². The number of amides is 1. The molecule has 2 aromatic heterocycles. The van der Waals surface area contributed by atoms with Crippen molar-refractivity contribution in [3.8, 4) is 28.9 Å². The number of nitrogens with zero attached hydrogens (tertiary/aromatic N) is 5. The van der Waals surface area contributed by atoms with Crippen molar-refractivity contribution in [3.05, 3.63) is 61.5 Å². The topological polar surface area (TPSA) is 133 Å². The number of anilines is 2. The molecule has 190 valence electrons. The van der Waals surface area contributed by atoms with Crippen molar-refractivity contribution in [2.45, 2.75) is 6.54 Å². The molecule has 12 nitrogen and oxygen atoms in total. The van der Waals surface area contributed by atoms with Crippen LogP contribution in [0.2, 0.25) is 0 Å². The Morgan fingerprint density at radius 1 is 1.19 bits per heavy atom. The lowest BCUT2D eigenvalue weighted by atomic mass is 10.2. The third-order valence-electron chi connectivity index (χ3n) is 5.47. The largest absolute Gasteiger partial charge is 0.493 e. The highest BCUT2D eigenvalue weighted by Gasteiger charge is 2.15. The van der Waals surface area contributed by atoms with E-state index in [1.807, 2.05) is 30.3 Å². The lowest BCUT2D eigenvalue weighted by Gasteiger charge is -2.22. The molecule has 0 spiro atoms. The van der Waals surface area contributed by atoms with Gasteiger partial charge in [0.15, 0.2) is 23.0 Å². The van der Waals surface area contributed by atoms with Gasteiger partial charge >= 0.3 is 0 Å². The van der Waals surface area contributed by atoms with Crippen LogP contribution in [0.5, 0.6) is 28.9 Å². The van der Waals surface area contributed by atoms with Crippen molar-refractivity contribution in [2.75, 3.05) is 37.6 Å². The van der Waals surface area contributed by atoms with Crippen LogP contribution < -0.4 is 29.2 Å². The number of carbonyl (C=O) groups excluding carboxylic acids is 1. The van der Waals surface area contributed by atoms with Gasteiger partial charge in [0.25, 0.3) is 0 Å². The number of methoxy groups -OCH3 is 1. The first-order valence-electron chi connectivity index (χ1n) is 11.3. The number of aliphatic hydroxyl groups excluding tert-OH is 1. The van der Waals surface area contributed by atoms with Gasteiger partial charge in [0, 0.05) is 31.1 Å². The Kier molecular flexibility index (Phi) is 6.72. The molecule has 3 heterocycles. The monoisotopic (exact) mass is 504 g/mol. The fourth-order valence-corrected chi connectivity index (χ4v) is 3.75. The lowest BCUT2D eigenvalue weighted by Crippen LogP contribution is -2.19. The average molecular weight is 505 g/mol. The zero-order valence-electron chi connectivity index (χ0n) is 20.1. The Morgan fingerprint density at radius 3 is 2.92 bits per heavy atom. The quantitative estimate of drug-likeness (QED) is 0.350. The van der Waals surface area contributed by atoms with Gasteiger partial charge in [0.1, 0.15) is 25.7 Å². The van der Waals surface area contributed by atoms with Crippen LogP contribution in [0.15, 0.2) is 61.5 Å². The van der Waals surface area contributed by atoms with E-state index in [0.717, 1.165) is 5.69 Å². The molecule has 1 amide bonds. The molecule has 1 aliphatic rings. The first-order chi connectivity index (χ1) is 18.0. The van der Waals surface area contributed by atoms with Gasteiger partial charge in [-0.25, -0.2) is 9.97 Å². The SMILES string of the molecule is COc1cc2c(Oc3cnn(CC(=O)Nc4ccc5c(c4)OC=CN5C)c3)ncnc2cc1OCCO. The van der Waals surface area contributed by atoms with Gasteiger partial charge in [-0.3, -0.25) is 9.48 Å². The summed E-state index contributed by atoms with van der Waals surface area (Å²) in [7, 11) is 3.43. The predicted octanol–water partition coefficient (Wildman–Crippen LogP) is 2.94. The van der Waals surface area contributed by atoms with E-state index in [1.165, 1.54) is 24.3 Å². The molecular formula is C25H24N6O6. The van der Waals surface area contributed by atoms with E-state index in [9.17, 15) is 4.79 Å². The zero-order chi connectivity index (χ0) is 25.8. The second-order valence-electron chi connectivity index (χ2n) is 7.99. The zero-order valence-corrected chi connectivity index (χ0v) is 20.1. The summed E-state index contributed by atoms with van der Waals surface area (Å²) < 4.78 is 23.8. The molecule has 0 radical (unpaired) electrons. The average Bonchev–Trinajstić information content (AvgIpc) is 3.33. The molecule has 12 heteroatoms. The molecule has 2 aromatic carbocycles. The van der Waals surface area contributed by atoms with E-state index >= 15 is 0 Å². The van der Waals surface area contributed by atoms with Crippen molar-refractivity contribution in [2.24, 2.45) is 0 Å². The highest BCUT2D eigenvalue weighted by molar-refractivity contribution is 5.91. The summed E-state index contributed by atoms with van der Waals surface area (Å²) in [5.74, 6) is 1.96. The summed E-state index contributed by atoms with van der Waals surface area (Å²) in [6.07, 6.45) is 7.85. The lowest BCUT2D eigenvalue weighted by molar-refractivity contribution is -0.116. The molecule has 0 aliphatic carbocycles. The number of benzene rings is 2. The summed E-state index contributed by atoms with van der Waals surface area (Å²) in [5, 5.41) is 16.7. The summed E-state index contributed by atoms with van der Waals surface area (Å²) in [6.45, 7) is -0.0265. The maximum atomic E-state index is 12.6. The van der Waals surface area contributed by atoms with Crippen LogP contribution in [-0.2, 0) is 11.3 Å². The van der Waals surface area contributed by atoms with Crippen LogP contribution >= 0.6 is 0 Å². The molecule has 0 fully saturated rings. The Balaban J connectivity index is 1.27. The van der Waals surface area contributed by atoms with Crippen molar-refractivity contribution >= 4 is 28.2 Å². The molecule has 0 saturated carbocycles. The van der Waals surface area contributed by atoms with E-state index in [0.29, 0.717) is 39.6 Å². The Morgan fingerprint density at radius 2 is 2.08 bits per heavy atom. The van der Waals surface area contributed by atoms with Gasteiger partial charge in [-0.05, 0) is 18.2 Å². The van der Waals surface area contributed by atoms with Gasteiger partial charge in [-0.2, -0.15) is 5.10 Å². The minimum atomic E-state index is -0.262. The normalized spacial score (nSPS) is 12.1. The molecule has 5 rings (SSSR count). The molecule has 2 N–H and O–H groups in total. The standard InChI is InChI=1S/C25H24N6O6/c1-30-5-7-35-21-9-16(3-4-20(21)30)29-24(33)14-31-13-17(12-28-31)37-25-18-10-22(34-2)23(36-8-6-32)11-19(18)26-15-27-25/h3-5,7,9-13,15,32H,6,8,14H2,1-2H3,(H,29,33). The highest BCUT2D eigenvalue weighted by atomic mass is 16.5. The van der Waals surface area contributed by atoms with Gasteiger partial charge in [0.05, 0.1) is 42.7 Å². The minimum absolute atomic E-state index is 0.0228. The number of aromatic nitrogens is 4. The summed E-state index contributed by atoms with van der Waals surface area (Å²) in [6, 6.07) is 8.83. The smallest absolute Gasteiger partial charge is 0.246 e. The number of ether oxygens (including phenoxy) is 4. The Bertz CT molecular complexity index is 1470. The number of hydrogen-bond donors (Lipinski definition) is 2. The fraction of sp³-hybridized carbons (Fsp3) is 0.200. The first kappa shape index (κ1) is 23.9. The summed E-state index contributed by atoms with van der Waals surface area (Å²) >= 11 is 0. The van der Waals surface area contributed by atoms with Crippen LogP contribution in [0.3, 0.4) is 0 Å².